The molecule has 0 aromatic rings. The molecule has 1 amide bonds. The highest BCUT2D eigenvalue weighted by atomic mass is 16.6. The first-order valence-corrected chi connectivity index (χ1v) is 6.02. The molecule has 0 aromatic heterocycles. The Morgan fingerprint density at radius 3 is 2.56 bits per heavy atom. The van der Waals surface area contributed by atoms with Gasteiger partial charge in [-0.05, 0) is 41.0 Å². The van der Waals surface area contributed by atoms with Gasteiger partial charge in [-0.1, -0.05) is 0 Å². The summed E-state index contributed by atoms with van der Waals surface area (Å²) in [5.41, 5.74) is -0.415. The molecule has 1 saturated heterocycles. The second-order valence-electron chi connectivity index (χ2n) is 5.61. The minimum atomic E-state index is -0.415. The number of rotatable bonds is 0. The van der Waals surface area contributed by atoms with E-state index in [9.17, 15) is 4.79 Å². The van der Waals surface area contributed by atoms with Gasteiger partial charge in [0, 0.05) is 25.2 Å². The molecule has 1 N–H and O–H groups in total. The number of nitrogens with zero attached hydrogens (tertiary/aromatic N) is 1. The standard InChI is InChI=1S/C12H24N2O2/c1-9-8-10(2)14(7-6-13-9)11(15)16-12(3,4)5/h9-10,13H,6-8H2,1-5H3. The van der Waals surface area contributed by atoms with Gasteiger partial charge in [0.2, 0.25) is 0 Å². The van der Waals surface area contributed by atoms with E-state index < -0.39 is 5.60 Å². The van der Waals surface area contributed by atoms with Crippen molar-refractivity contribution in [2.24, 2.45) is 0 Å². The number of hydrogen-bond acceptors (Lipinski definition) is 3. The normalized spacial score (nSPS) is 27.4. The zero-order chi connectivity index (χ0) is 12.3. The van der Waals surface area contributed by atoms with E-state index in [0.717, 1.165) is 19.5 Å². The lowest BCUT2D eigenvalue weighted by Crippen LogP contribution is -2.42. The summed E-state index contributed by atoms with van der Waals surface area (Å²) in [4.78, 5) is 13.8. The van der Waals surface area contributed by atoms with Crippen LogP contribution in [0.5, 0.6) is 0 Å². The van der Waals surface area contributed by atoms with Crippen molar-refractivity contribution < 1.29 is 9.53 Å². The number of carbonyl (C=O) groups excluding carboxylic acids is 1. The Kier molecular flexibility index (Phi) is 4.19. The average molecular weight is 228 g/mol. The van der Waals surface area contributed by atoms with E-state index in [2.05, 4.69) is 19.2 Å². The fraction of sp³-hybridized carbons (Fsp3) is 0.917. The Bertz CT molecular complexity index is 248. The Morgan fingerprint density at radius 2 is 2.00 bits per heavy atom. The van der Waals surface area contributed by atoms with Crippen LogP contribution in [-0.4, -0.2) is 41.8 Å². The van der Waals surface area contributed by atoms with Crippen LogP contribution in [-0.2, 0) is 4.74 Å². The molecule has 1 aliphatic rings. The lowest BCUT2D eigenvalue weighted by atomic mass is 10.1. The number of hydrogen-bond donors (Lipinski definition) is 1. The molecule has 1 aliphatic heterocycles. The van der Waals surface area contributed by atoms with Gasteiger partial charge in [0.15, 0.2) is 0 Å². The molecule has 0 aromatic carbocycles. The van der Waals surface area contributed by atoms with Gasteiger partial charge in [-0.2, -0.15) is 0 Å². The molecule has 0 radical (unpaired) electrons. The summed E-state index contributed by atoms with van der Waals surface area (Å²) in [6.45, 7) is 11.5. The molecule has 2 atom stereocenters. The average Bonchev–Trinajstić information content (AvgIpc) is 2.23. The van der Waals surface area contributed by atoms with Gasteiger partial charge in [-0.25, -0.2) is 4.79 Å². The second-order valence-corrected chi connectivity index (χ2v) is 5.61. The van der Waals surface area contributed by atoms with Crippen LogP contribution in [0.4, 0.5) is 4.79 Å². The number of amides is 1. The molecule has 4 nitrogen and oxygen atoms in total. The lowest BCUT2D eigenvalue weighted by Gasteiger charge is -2.30. The molecule has 0 bridgehead atoms. The molecule has 16 heavy (non-hydrogen) atoms. The smallest absolute Gasteiger partial charge is 0.410 e. The fourth-order valence-electron chi connectivity index (χ4n) is 1.97. The predicted octanol–water partition coefficient (Wildman–Crippen LogP) is 1.99. The molecule has 1 heterocycles. The van der Waals surface area contributed by atoms with Crippen LogP contribution in [0, 0.1) is 0 Å². The number of ether oxygens (including phenoxy) is 1. The van der Waals surface area contributed by atoms with E-state index in [4.69, 9.17) is 4.74 Å². The van der Waals surface area contributed by atoms with Gasteiger partial charge in [0.25, 0.3) is 0 Å². The summed E-state index contributed by atoms with van der Waals surface area (Å²) < 4.78 is 5.40. The van der Waals surface area contributed by atoms with Crippen LogP contribution >= 0.6 is 0 Å². The second kappa shape index (κ2) is 5.04. The Balaban J connectivity index is 2.60. The maximum absolute atomic E-state index is 12.0. The Labute approximate surface area is 98.3 Å². The largest absolute Gasteiger partial charge is 0.444 e. The lowest BCUT2D eigenvalue weighted by molar-refractivity contribution is 0.0188. The quantitative estimate of drug-likeness (QED) is 0.689. The molecular weight excluding hydrogens is 204 g/mol. The van der Waals surface area contributed by atoms with Crippen molar-refractivity contribution in [2.75, 3.05) is 13.1 Å². The monoisotopic (exact) mass is 228 g/mol. The van der Waals surface area contributed by atoms with E-state index in [0.29, 0.717) is 6.04 Å². The summed E-state index contributed by atoms with van der Waals surface area (Å²) in [6, 6.07) is 0.697. The van der Waals surface area contributed by atoms with Crippen LogP contribution < -0.4 is 5.32 Å². The van der Waals surface area contributed by atoms with Crippen molar-refractivity contribution in [1.82, 2.24) is 10.2 Å². The van der Waals surface area contributed by atoms with E-state index in [1.54, 1.807) is 0 Å². The zero-order valence-electron chi connectivity index (χ0n) is 11.0. The highest BCUT2D eigenvalue weighted by Gasteiger charge is 2.28. The summed E-state index contributed by atoms with van der Waals surface area (Å²) >= 11 is 0. The van der Waals surface area contributed by atoms with Gasteiger partial charge in [0.05, 0.1) is 0 Å². The topological polar surface area (TPSA) is 41.6 Å². The van der Waals surface area contributed by atoms with Crippen molar-refractivity contribution in [2.45, 2.75) is 58.7 Å². The van der Waals surface area contributed by atoms with Gasteiger partial charge >= 0.3 is 6.09 Å². The van der Waals surface area contributed by atoms with Crippen LogP contribution in [0.1, 0.15) is 41.0 Å². The highest BCUT2D eigenvalue weighted by Crippen LogP contribution is 2.15. The molecule has 94 valence electrons. The minimum Gasteiger partial charge on any atom is -0.444 e. The van der Waals surface area contributed by atoms with Crippen LogP contribution in [0.3, 0.4) is 0 Å². The van der Waals surface area contributed by atoms with Crippen molar-refractivity contribution in [3.8, 4) is 0 Å². The summed E-state index contributed by atoms with van der Waals surface area (Å²) in [7, 11) is 0. The van der Waals surface area contributed by atoms with E-state index in [1.807, 2.05) is 25.7 Å². The number of carbonyl (C=O) groups is 1. The van der Waals surface area contributed by atoms with Gasteiger partial charge in [0.1, 0.15) is 5.60 Å². The summed E-state index contributed by atoms with van der Waals surface area (Å²) in [5, 5.41) is 3.37. The van der Waals surface area contributed by atoms with E-state index >= 15 is 0 Å². The van der Waals surface area contributed by atoms with Crippen molar-refractivity contribution in [3.63, 3.8) is 0 Å². The van der Waals surface area contributed by atoms with Crippen molar-refractivity contribution in [3.05, 3.63) is 0 Å². The third-order valence-electron chi connectivity index (χ3n) is 2.70. The molecule has 2 unspecified atom stereocenters. The maximum Gasteiger partial charge on any atom is 0.410 e. The van der Waals surface area contributed by atoms with E-state index in [1.165, 1.54) is 0 Å². The van der Waals surface area contributed by atoms with Crippen LogP contribution in [0.2, 0.25) is 0 Å². The van der Waals surface area contributed by atoms with Crippen molar-refractivity contribution in [1.29, 1.82) is 0 Å². The summed E-state index contributed by atoms with van der Waals surface area (Å²) in [6.07, 6.45) is 0.773. The third-order valence-corrected chi connectivity index (χ3v) is 2.70. The first kappa shape index (κ1) is 13.3. The SMILES string of the molecule is CC1CC(C)N(C(=O)OC(C)(C)C)CCN1. The predicted molar refractivity (Wildman–Crippen MR) is 64.5 cm³/mol. The first-order valence-electron chi connectivity index (χ1n) is 6.02. The van der Waals surface area contributed by atoms with Crippen LogP contribution in [0.15, 0.2) is 0 Å². The fourth-order valence-corrected chi connectivity index (χ4v) is 1.97. The molecular formula is C12H24N2O2. The molecule has 4 heteroatoms. The highest BCUT2D eigenvalue weighted by molar-refractivity contribution is 5.68. The van der Waals surface area contributed by atoms with E-state index in [-0.39, 0.29) is 12.1 Å². The molecule has 1 rings (SSSR count). The zero-order valence-corrected chi connectivity index (χ0v) is 11.0. The maximum atomic E-state index is 12.0. The summed E-state index contributed by atoms with van der Waals surface area (Å²) in [5.74, 6) is 0. The minimum absolute atomic E-state index is 0.198. The van der Waals surface area contributed by atoms with Crippen LogP contribution in [0.25, 0.3) is 0 Å². The van der Waals surface area contributed by atoms with Gasteiger partial charge in [-0.3, -0.25) is 0 Å². The molecule has 0 saturated carbocycles. The Hall–Kier alpha value is -0.770. The van der Waals surface area contributed by atoms with Gasteiger partial charge < -0.3 is 15.0 Å². The van der Waals surface area contributed by atoms with Gasteiger partial charge in [-0.15, -0.1) is 0 Å². The molecule has 0 spiro atoms. The molecule has 0 aliphatic carbocycles. The third kappa shape index (κ3) is 4.00. The number of nitrogens with one attached hydrogen (secondary N) is 1. The molecule has 1 fully saturated rings. The Morgan fingerprint density at radius 1 is 1.38 bits per heavy atom. The van der Waals surface area contributed by atoms with Crippen molar-refractivity contribution >= 4 is 6.09 Å². The first-order chi connectivity index (χ1) is 7.29.